The van der Waals surface area contributed by atoms with Crippen molar-refractivity contribution < 1.29 is 19.1 Å². The molecule has 0 aliphatic heterocycles. The first-order valence-electron chi connectivity index (χ1n) is 7.55. The van der Waals surface area contributed by atoms with E-state index in [0.29, 0.717) is 22.0 Å². The van der Waals surface area contributed by atoms with Gasteiger partial charge in [0.2, 0.25) is 0 Å². The summed E-state index contributed by atoms with van der Waals surface area (Å²) in [6, 6.07) is 1.59. The summed E-state index contributed by atoms with van der Waals surface area (Å²) in [4.78, 5) is 36.7. The SMILES string of the molecule is CCOC(=O)c1c(NC(=O)c2ccn(CC)n2)sc(C(C)=O)c1C. The number of thiophene rings is 1. The summed E-state index contributed by atoms with van der Waals surface area (Å²) in [5, 5.41) is 7.09. The highest BCUT2D eigenvalue weighted by Crippen LogP contribution is 2.34. The van der Waals surface area contributed by atoms with Gasteiger partial charge in [-0.15, -0.1) is 11.3 Å². The molecule has 2 rings (SSSR count). The Balaban J connectivity index is 2.37. The lowest BCUT2D eigenvalue weighted by Gasteiger charge is -2.06. The van der Waals surface area contributed by atoms with Gasteiger partial charge >= 0.3 is 5.97 Å². The minimum Gasteiger partial charge on any atom is -0.462 e. The summed E-state index contributed by atoms with van der Waals surface area (Å²) in [5.41, 5.74) is 0.970. The molecular weight excluding hydrogens is 330 g/mol. The molecular formula is C16H19N3O4S. The normalized spacial score (nSPS) is 10.5. The molecule has 7 nitrogen and oxygen atoms in total. The van der Waals surface area contributed by atoms with E-state index in [-0.39, 0.29) is 23.6 Å². The summed E-state index contributed by atoms with van der Waals surface area (Å²) >= 11 is 1.07. The summed E-state index contributed by atoms with van der Waals surface area (Å²) in [7, 11) is 0. The molecule has 0 aliphatic rings. The van der Waals surface area contributed by atoms with Crippen LogP contribution in [-0.2, 0) is 11.3 Å². The van der Waals surface area contributed by atoms with E-state index in [1.807, 2.05) is 6.92 Å². The van der Waals surface area contributed by atoms with Gasteiger partial charge in [0, 0.05) is 12.7 Å². The summed E-state index contributed by atoms with van der Waals surface area (Å²) in [6.45, 7) is 7.55. The van der Waals surface area contributed by atoms with E-state index < -0.39 is 11.9 Å². The Morgan fingerprint density at radius 3 is 2.58 bits per heavy atom. The van der Waals surface area contributed by atoms with Crippen LogP contribution in [-0.4, -0.2) is 34.0 Å². The zero-order valence-corrected chi connectivity index (χ0v) is 14.8. The molecule has 2 aromatic heterocycles. The van der Waals surface area contributed by atoms with Crippen molar-refractivity contribution in [3.05, 3.63) is 34.0 Å². The predicted molar refractivity (Wildman–Crippen MR) is 90.9 cm³/mol. The number of hydrogen-bond acceptors (Lipinski definition) is 6. The molecule has 0 aromatic carbocycles. The van der Waals surface area contributed by atoms with Crippen molar-refractivity contribution in [3.63, 3.8) is 0 Å². The Bertz CT molecular complexity index is 791. The number of nitrogens with zero attached hydrogens (tertiary/aromatic N) is 2. The van der Waals surface area contributed by atoms with Crippen molar-refractivity contribution in [2.24, 2.45) is 0 Å². The summed E-state index contributed by atoms with van der Waals surface area (Å²) in [6.07, 6.45) is 1.70. The van der Waals surface area contributed by atoms with Crippen LogP contribution in [0.15, 0.2) is 12.3 Å². The Kier molecular flexibility index (Phi) is 5.50. The standard InChI is InChI=1S/C16H19N3O4S/c1-5-19-8-7-11(18-19)14(21)17-15-12(16(22)23-6-2)9(3)13(24-15)10(4)20/h7-8H,5-6H2,1-4H3,(H,17,21). The Labute approximate surface area is 143 Å². The highest BCUT2D eigenvalue weighted by molar-refractivity contribution is 7.18. The van der Waals surface area contributed by atoms with Crippen LogP contribution in [0, 0.1) is 6.92 Å². The molecule has 2 heterocycles. The van der Waals surface area contributed by atoms with Crippen LogP contribution >= 0.6 is 11.3 Å². The van der Waals surface area contributed by atoms with Crippen molar-refractivity contribution in [1.29, 1.82) is 0 Å². The van der Waals surface area contributed by atoms with E-state index >= 15 is 0 Å². The molecule has 0 saturated carbocycles. The minimum atomic E-state index is -0.562. The lowest BCUT2D eigenvalue weighted by molar-refractivity contribution is 0.0527. The van der Waals surface area contributed by atoms with Gasteiger partial charge in [-0.1, -0.05) is 0 Å². The van der Waals surface area contributed by atoms with Crippen molar-refractivity contribution >= 4 is 34.0 Å². The van der Waals surface area contributed by atoms with E-state index in [1.165, 1.54) is 6.92 Å². The maximum absolute atomic E-state index is 12.3. The molecule has 0 unspecified atom stereocenters. The maximum atomic E-state index is 12.3. The number of carbonyl (C=O) groups excluding carboxylic acids is 3. The van der Waals surface area contributed by atoms with Crippen LogP contribution in [0.2, 0.25) is 0 Å². The number of nitrogens with one attached hydrogen (secondary N) is 1. The third-order valence-corrected chi connectivity index (χ3v) is 4.68. The van der Waals surface area contributed by atoms with Gasteiger partial charge in [0.1, 0.15) is 5.00 Å². The molecule has 0 aliphatic carbocycles. The number of Topliss-reactive ketones (excluding diaryl/α,β-unsaturated/α-hetero) is 1. The Morgan fingerprint density at radius 2 is 2.04 bits per heavy atom. The number of rotatable bonds is 6. The average Bonchev–Trinajstić information content (AvgIpc) is 3.12. The molecule has 0 fully saturated rings. The van der Waals surface area contributed by atoms with E-state index in [9.17, 15) is 14.4 Å². The van der Waals surface area contributed by atoms with Crippen molar-refractivity contribution in [1.82, 2.24) is 9.78 Å². The van der Waals surface area contributed by atoms with Gasteiger partial charge in [-0.2, -0.15) is 5.10 Å². The molecule has 128 valence electrons. The first kappa shape index (κ1) is 17.9. The third kappa shape index (κ3) is 3.53. The largest absolute Gasteiger partial charge is 0.462 e. The van der Waals surface area contributed by atoms with Gasteiger partial charge in [0.25, 0.3) is 5.91 Å². The van der Waals surface area contributed by atoms with Gasteiger partial charge in [0.05, 0.1) is 17.0 Å². The number of hydrogen-bond donors (Lipinski definition) is 1. The van der Waals surface area contributed by atoms with E-state index in [4.69, 9.17) is 4.74 Å². The summed E-state index contributed by atoms with van der Waals surface area (Å²) in [5.74, 6) is -1.17. The number of aryl methyl sites for hydroxylation is 1. The maximum Gasteiger partial charge on any atom is 0.341 e. The first-order valence-corrected chi connectivity index (χ1v) is 8.36. The van der Waals surface area contributed by atoms with Crippen molar-refractivity contribution in [3.8, 4) is 0 Å². The van der Waals surface area contributed by atoms with E-state index in [0.717, 1.165) is 11.3 Å². The highest BCUT2D eigenvalue weighted by atomic mass is 32.1. The molecule has 2 aromatic rings. The lowest BCUT2D eigenvalue weighted by atomic mass is 10.1. The fraction of sp³-hybridized carbons (Fsp3) is 0.375. The van der Waals surface area contributed by atoms with Crippen LogP contribution in [0.3, 0.4) is 0 Å². The van der Waals surface area contributed by atoms with Gasteiger partial charge in [-0.05, 0) is 39.3 Å². The van der Waals surface area contributed by atoms with Crippen molar-refractivity contribution in [2.45, 2.75) is 34.2 Å². The van der Waals surface area contributed by atoms with Gasteiger partial charge in [-0.25, -0.2) is 4.79 Å². The van der Waals surface area contributed by atoms with Gasteiger partial charge in [0.15, 0.2) is 11.5 Å². The second kappa shape index (κ2) is 7.39. The van der Waals surface area contributed by atoms with Gasteiger partial charge < -0.3 is 10.1 Å². The predicted octanol–water partition coefficient (Wildman–Crippen LogP) is 2.90. The zero-order chi connectivity index (χ0) is 17.9. The molecule has 8 heteroatoms. The van der Waals surface area contributed by atoms with Gasteiger partial charge in [-0.3, -0.25) is 14.3 Å². The fourth-order valence-corrected chi connectivity index (χ4v) is 3.30. The van der Waals surface area contributed by atoms with Crippen LogP contribution in [0.4, 0.5) is 5.00 Å². The molecule has 0 bridgehead atoms. The number of carbonyl (C=O) groups is 3. The third-order valence-electron chi connectivity index (χ3n) is 3.37. The molecule has 0 spiro atoms. The molecule has 0 saturated heterocycles. The molecule has 1 amide bonds. The van der Waals surface area contributed by atoms with E-state index in [1.54, 1.807) is 30.8 Å². The summed E-state index contributed by atoms with van der Waals surface area (Å²) < 4.78 is 6.66. The zero-order valence-electron chi connectivity index (χ0n) is 14.0. The fourth-order valence-electron chi connectivity index (χ4n) is 2.21. The minimum absolute atomic E-state index is 0.168. The number of esters is 1. The van der Waals surface area contributed by atoms with Crippen LogP contribution in [0.1, 0.15) is 56.9 Å². The topological polar surface area (TPSA) is 90.3 Å². The van der Waals surface area contributed by atoms with E-state index in [2.05, 4.69) is 10.4 Å². The smallest absolute Gasteiger partial charge is 0.341 e. The number of ketones is 1. The van der Waals surface area contributed by atoms with Crippen molar-refractivity contribution in [2.75, 3.05) is 11.9 Å². The Hall–Kier alpha value is -2.48. The number of amides is 1. The monoisotopic (exact) mass is 349 g/mol. The molecule has 0 atom stereocenters. The average molecular weight is 349 g/mol. The number of anilines is 1. The molecule has 1 N–H and O–H groups in total. The molecule has 24 heavy (non-hydrogen) atoms. The quantitative estimate of drug-likeness (QED) is 0.640. The Morgan fingerprint density at radius 1 is 1.33 bits per heavy atom. The second-order valence-electron chi connectivity index (χ2n) is 5.05. The van der Waals surface area contributed by atoms with Crippen LogP contribution in [0.5, 0.6) is 0 Å². The van der Waals surface area contributed by atoms with Crippen LogP contribution in [0.25, 0.3) is 0 Å². The first-order chi connectivity index (χ1) is 11.4. The second-order valence-corrected chi connectivity index (χ2v) is 6.07. The molecule has 0 radical (unpaired) electrons. The number of ether oxygens (including phenoxy) is 1. The lowest BCUT2D eigenvalue weighted by Crippen LogP contribution is -2.15. The van der Waals surface area contributed by atoms with Crippen LogP contribution < -0.4 is 5.32 Å². The number of aromatic nitrogens is 2. The highest BCUT2D eigenvalue weighted by Gasteiger charge is 2.25.